The molecule has 332 valence electrons. The van der Waals surface area contributed by atoms with E-state index in [0.717, 1.165) is 51.4 Å². The predicted octanol–water partition coefficient (Wildman–Crippen LogP) is 11.4. The summed E-state index contributed by atoms with van der Waals surface area (Å²) in [6.45, 7) is 19.1. The second-order valence-electron chi connectivity index (χ2n) is 19.5. The van der Waals surface area contributed by atoms with Gasteiger partial charge in [0.15, 0.2) is 10.8 Å². The normalized spacial score (nSPS) is 21.2. The summed E-state index contributed by atoms with van der Waals surface area (Å²) < 4.78 is 28.3. The van der Waals surface area contributed by atoms with Crippen LogP contribution in [0, 0.1) is 11.8 Å². The quantitative estimate of drug-likeness (QED) is 0.0383. The number of fused-ring (bicyclic) bond motifs is 1. The zero-order chi connectivity index (χ0) is 44.4. The molecule has 0 spiro atoms. The molecule has 4 aromatic rings. The van der Waals surface area contributed by atoms with Crippen LogP contribution >= 0.6 is 12.2 Å². The minimum Gasteiger partial charge on any atom is -0.487 e. The van der Waals surface area contributed by atoms with Crippen molar-refractivity contribution in [1.29, 1.82) is 0 Å². The number of methoxy groups -OCH3 is 1. The molecule has 1 aliphatic carbocycles. The largest absolute Gasteiger partial charge is 0.487 e. The number of hydrogen-bond donors (Lipinski definition) is 0. The van der Waals surface area contributed by atoms with E-state index < -0.39 is 22.4 Å². The standard InChI is InChI=1S/C54H73NO4SSi2/c1-10-12-17-28-43(58-61(52(3,4)5,44-29-18-13-19-30-44)45-31-20-14-21-32-45)38-39-48-49-40-42(27-26-37-51(60)57-11-2)55-54(49,56-9)41-50(48)59-62(53(6,7)8,46-33-22-15-23-34-46)47-35-24-16-25-36-47/h13-16,18-25,29-36,38-39,43,48-50H,10-12,17,26-28,37,40-41H2,1-9H3/t43-,48?,49?,50?,54?/m0/s1. The third-order valence-electron chi connectivity index (χ3n) is 13.4. The molecule has 4 unspecified atom stereocenters. The van der Waals surface area contributed by atoms with Gasteiger partial charge in [0, 0.05) is 37.5 Å². The topological polar surface area (TPSA) is 49.3 Å². The Labute approximate surface area is 382 Å². The molecule has 62 heavy (non-hydrogen) atoms. The van der Waals surface area contributed by atoms with Gasteiger partial charge >= 0.3 is 0 Å². The summed E-state index contributed by atoms with van der Waals surface area (Å²) in [7, 11) is -3.93. The van der Waals surface area contributed by atoms with E-state index in [9.17, 15) is 0 Å². The molecular weight excluding hydrogens is 815 g/mol. The van der Waals surface area contributed by atoms with Gasteiger partial charge in [0.1, 0.15) is 0 Å². The molecule has 2 aliphatic rings. The maximum absolute atomic E-state index is 8.08. The van der Waals surface area contributed by atoms with E-state index >= 15 is 0 Å². The smallest absolute Gasteiger partial charge is 0.261 e. The van der Waals surface area contributed by atoms with Crippen LogP contribution in [-0.2, 0) is 18.3 Å². The lowest BCUT2D eigenvalue weighted by molar-refractivity contribution is -0.0301. The van der Waals surface area contributed by atoms with Crippen LogP contribution in [0.4, 0.5) is 0 Å². The highest BCUT2D eigenvalue weighted by molar-refractivity contribution is 7.80. The van der Waals surface area contributed by atoms with Crippen LogP contribution in [0.25, 0.3) is 0 Å². The van der Waals surface area contributed by atoms with Crippen molar-refractivity contribution in [2.75, 3.05) is 13.7 Å². The van der Waals surface area contributed by atoms with Gasteiger partial charge in [0.2, 0.25) is 0 Å². The van der Waals surface area contributed by atoms with Crippen LogP contribution < -0.4 is 20.7 Å². The van der Waals surface area contributed by atoms with E-state index in [-0.39, 0.29) is 34.1 Å². The Kier molecular flexibility index (Phi) is 16.2. The van der Waals surface area contributed by atoms with Crippen molar-refractivity contribution in [3.63, 3.8) is 0 Å². The van der Waals surface area contributed by atoms with Crippen molar-refractivity contribution in [1.82, 2.24) is 0 Å². The average molecular weight is 888 g/mol. The van der Waals surface area contributed by atoms with E-state index in [1.54, 1.807) is 0 Å². The minimum atomic E-state index is -2.93. The first kappa shape index (κ1) is 48.0. The van der Waals surface area contributed by atoms with E-state index in [4.69, 9.17) is 35.5 Å². The first-order valence-corrected chi connectivity index (χ1v) is 27.5. The number of unbranched alkanes of at least 4 members (excludes halogenated alkanes) is 2. The molecule has 0 N–H and O–H groups in total. The fourth-order valence-corrected chi connectivity index (χ4v) is 20.1. The zero-order valence-corrected chi connectivity index (χ0v) is 41.9. The summed E-state index contributed by atoms with van der Waals surface area (Å²) in [6.07, 6.45) is 13.2. The average Bonchev–Trinajstić information content (AvgIpc) is 3.76. The Morgan fingerprint density at radius 2 is 1.24 bits per heavy atom. The molecule has 5 nitrogen and oxygen atoms in total. The number of aliphatic imine (C=N–C) groups is 1. The Morgan fingerprint density at radius 3 is 1.69 bits per heavy atom. The van der Waals surface area contributed by atoms with Gasteiger partial charge < -0.3 is 18.3 Å². The Bertz CT molecular complexity index is 1990. The molecule has 0 aromatic heterocycles. The van der Waals surface area contributed by atoms with Crippen molar-refractivity contribution in [3.8, 4) is 0 Å². The molecule has 5 atom stereocenters. The van der Waals surface area contributed by atoms with Gasteiger partial charge in [-0.05, 0) is 75.6 Å². The van der Waals surface area contributed by atoms with Gasteiger partial charge in [-0.15, -0.1) is 0 Å². The molecule has 0 saturated heterocycles. The molecule has 0 radical (unpaired) electrons. The zero-order valence-electron chi connectivity index (χ0n) is 39.1. The number of rotatable bonds is 20. The molecule has 0 bridgehead atoms. The molecule has 1 aliphatic heterocycles. The molecule has 1 heterocycles. The summed E-state index contributed by atoms with van der Waals surface area (Å²) in [5.74, 6) is 0.156. The van der Waals surface area contributed by atoms with E-state index in [1.165, 1.54) is 26.5 Å². The highest BCUT2D eigenvalue weighted by atomic mass is 32.1. The fraction of sp³-hybridized carbons (Fsp3) is 0.481. The summed E-state index contributed by atoms with van der Waals surface area (Å²) >= 11 is 5.52. The number of ether oxygens (including phenoxy) is 2. The summed E-state index contributed by atoms with van der Waals surface area (Å²) in [4.78, 5) is 5.53. The maximum atomic E-state index is 8.08. The van der Waals surface area contributed by atoms with E-state index in [2.05, 4.69) is 182 Å². The first-order valence-electron chi connectivity index (χ1n) is 23.3. The highest BCUT2D eigenvalue weighted by Gasteiger charge is 2.61. The number of nitrogens with zero attached hydrogens (tertiary/aromatic N) is 1. The summed E-state index contributed by atoms with van der Waals surface area (Å²) in [5, 5.41) is 5.54. The predicted molar refractivity (Wildman–Crippen MR) is 270 cm³/mol. The summed E-state index contributed by atoms with van der Waals surface area (Å²) in [6, 6.07) is 44.2. The number of benzene rings is 4. The van der Waals surface area contributed by atoms with Crippen LogP contribution in [0.2, 0.25) is 10.1 Å². The van der Waals surface area contributed by atoms with Gasteiger partial charge in [-0.25, -0.2) is 0 Å². The second-order valence-corrected chi connectivity index (χ2v) is 28.5. The van der Waals surface area contributed by atoms with E-state index in [0.29, 0.717) is 18.1 Å². The molecule has 1 fully saturated rings. The third kappa shape index (κ3) is 10.2. The van der Waals surface area contributed by atoms with Crippen molar-refractivity contribution >= 4 is 60.4 Å². The van der Waals surface area contributed by atoms with Crippen molar-refractivity contribution in [2.24, 2.45) is 16.8 Å². The highest BCUT2D eigenvalue weighted by Crippen LogP contribution is 2.53. The summed E-state index contributed by atoms with van der Waals surface area (Å²) in [5.41, 5.74) is 0.527. The van der Waals surface area contributed by atoms with Crippen LogP contribution in [0.3, 0.4) is 0 Å². The Hall–Kier alpha value is -3.51. The molecule has 1 saturated carbocycles. The van der Waals surface area contributed by atoms with Crippen LogP contribution in [0.1, 0.15) is 113 Å². The molecule has 8 heteroatoms. The maximum Gasteiger partial charge on any atom is 0.261 e. The van der Waals surface area contributed by atoms with Crippen LogP contribution in [-0.4, -0.2) is 59.0 Å². The third-order valence-corrected chi connectivity index (χ3v) is 23.8. The van der Waals surface area contributed by atoms with Crippen molar-refractivity contribution in [2.45, 2.75) is 141 Å². The molecule has 0 amide bonds. The molecular formula is C54H73NO4SSi2. The lowest BCUT2D eigenvalue weighted by atomic mass is 9.87. The Balaban J connectivity index is 1.47. The fourth-order valence-electron chi connectivity index (χ4n) is 10.5. The van der Waals surface area contributed by atoms with Crippen LogP contribution in [0.15, 0.2) is 138 Å². The SMILES string of the molecule is CCCCC[C@@H](C=CC1C(O[Si](c2ccccc2)(c2ccccc2)C(C)(C)C)CC2(OC)N=C(CCCC(=S)OCC)CC12)O[Si](c1ccccc1)(c1ccccc1)C(C)(C)C. The van der Waals surface area contributed by atoms with E-state index in [1.807, 2.05) is 14.0 Å². The van der Waals surface area contributed by atoms with Gasteiger partial charge in [0.05, 0.1) is 18.8 Å². The molecule has 4 aromatic carbocycles. The van der Waals surface area contributed by atoms with Crippen molar-refractivity contribution < 1.29 is 18.3 Å². The van der Waals surface area contributed by atoms with Gasteiger partial charge in [-0.1, -0.05) is 201 Å². The molecule has 6 rings (SSSR count). The van der Waals surface area contributed by atoms with Gasteiger partial charge in [0.25, 0.3) is 16.6 Å². The first-order chi connectivity index (χ1) is 29.7. The number of hydrogen-bond acceptors (Lipinski definition) is 6. The monoisotopic (exact) mass is 887 g/mol. The van der Waals surface area contributed by atoms with Crippen LogP contribution in [0.5, 0.6) is 0 Å². The second kappa shape index (κ2) is 21.0. The number of thiocarbonyl (C=S) groups is 1. The lowest BCUT2D eigenvalue weighted by Crippen LogP contribution is -2.68. The lowest BCUT2D eigenvalue weighted by Gasteiger charge is -2.46. The minimum absolute atomic E-state index is 0.0405. The van der Waals surface area contributed by atoms with Crippen molar-refractivity contribution in [3.05, 3.63) is 133 Å². The van der Waals surface area contributed by atoms with Gasteiger partial charge in [-0.3, -0.25) is 4.99 Å². The van der Waals surface area contributed by atoms with Gasteiger partial charge in [-0.2, -0.15) is 0 Å². The Morgan fingerprint density at radius 1 is 0.742 bits per heavy atom.